The summed E-state index contributed by atoms with van der Waals surface area (Å²) >= 11 is 11.9. The number of carbonyl (C=O) groups excluding carboxylic acids is 1. The molecule has 0 fully saturated rings. The van der Waals surface area contributed by atoms with Gasteiger partial charge in [0.1, 0.15) is 5.75 Å². The lowest BCUT2D eigenvalue weighted by Crippen LogP contribution is -2.15. The average Bonchev–Trinajstić information content (AvgIpc) is 2.21. The van der Waals surface area contributed by atoms with E-state index in [9.17, 15) is 4.79 Å². The van der Waals surface area contributed by atoms with Crippen molar-refractivity contribution in [3.63, 3.8) is 0 Å². The third-order valence-corrected chi connectivity index (χ3v) is 2.59. The van der Waals surface area contributed by atoms with E-state index in [1.165, 1.54) is 0 Å². The molecule has 0 aliphatic carbocycles. The molecule has 17 heavy (non-hydrogen) atoms. The second-order valence-electron chi connectivity index (χ2n) is 3.48. The Balaban J connectivity index is 2.83. The summed E-state index contributed by atoms with van der Waals surface area (Å²) in [7, 11) is 0. The van der Waals surface area contributed by atoms with Gasteiger partial charge < -0.3 is 16.2 Å². The van der Waals surface area contributed by atoms with Crippen molar-refractivity contribution in [3.05, 3.63) is 27.7 Å². The second-order valence-corrected chi connectivity index (χ2v) is 4.32. The van der Waals surface area contributed by atoms with Crippen LogP contribution in [0.4, 0.5) is 0 Å². The average molecular weight is 277 g/mol. The first kappa shape index (κ1) is 14.1. The molecule has 0 aliphatic rings. The highest BCUT2D eigenvalue weighted by molar-refractivity contribution is 6.35. The lowest BCUT2D eigenvalue weighted by Gasteiger charge is -2.12. The summed E-state index contributed by atoms with van der Waals surface area (Å²) in [6.45, 7) is 0.650. The van der Waals surface area contributed by atoms with Gasteiger partial charge in [-0.25, -0.2) is 0 Å². The fourth-order valence-electron chi connectivity index (χ4n) is 1.37. The van der Waals surface area contributed by atoms with Crippen LogP contribution < -0.4 is 16.2 Å². The Morgan fingerprint density at radius 1 is 1.35 bits per heavy atom. The van der Waals surface area contributed by atoms with Crippen LogP contribution in [0.2, 0.25) is 10.0 Å². The molecule has 4 nitrogen and oxygen atoms in total. The highest BCUT2D eigenvalue weighted by atomic mass is 35.5. The van der Waals surface area contributed by atoms with Crippen LogP contribution in [0.1, 0.15) is 12.0 Å². The SMILES string of the molecule is NCCc1cc(Cl)cc(Cl)c1OCCC(N)=O. The third kappa shape index (κ3) is 4.42. The number of primary amides is 1. The van der Waals surface area contributed by atoms with Gasteiger partial charge in [0.05, 0.1) is 18.1 Å². The number of benzene rings is 1. The van der Waals surface area contributed by atoms with Crippen molar-refractivity contribution in [1.29, 1.82) is 0 Å². The van der Waals surface area contributed by atoms with Crippen LogP contribution >= 0.6 is 23.2 Å². The van der Waals surface area contributed by atoms with Gasteiger partial charge in [-0.3, -0.25) is 4.79 Å². The molecule has 0 spiro atoms. The number of hydrogen-bond acceptors (Lipinski definition) is 3. The molecule has 0 saturated heterocycles. The largest absolute Gasteiger partial charge is 0.491 e. The van der Waals surface area contributed by atoms with E-state index in [4.69, 9.17) is 39.4 Å². The first-order chi connectivity index (χ1) is 8.04. The van der Waals surface area contributed by atoms with Crippen molar-refractivity contribution in [1.82, 2.24) is 0 Å². The van der Waals surface area contributed by atoms with Gasteiger partial charge in [0.2, 0.25) is 5.91 Å². The summed E-state index contributed by atoms with van der Waals surface area (Å²) in [5.74, 6) is 0.0956. The van der Waals surface area contributed by atoms with Crippen LogP contribution in [0.25, 0.3) is 0 Å². The molecule has 1 rings (SSSR count). The fourth-order valence-corrected chi connectivity index (χ4v) is 1.96. The molecule has 1 aromatic rings. The first-order valence-corrected chi connectivity index (χ1v) is 5.89. The van der Waals surface area contributed by atoms with Crippen molar-refractivity contribution in [2.75, 3.05) is 13.2 Å². The standard InChI is InChI=1S/C11H14Cl2N2O2/c12-8-5-7(1-3-14)11(9(13)6-8)17-4-2-10(15)16/h5-6H,1-4,14H2,(H2,15,16). The van der Waals surface area contributed by atoms with Crippen LogP contribution in [0.3, 0.4) is 0 Å². The molecule has 6 heteroatoms. The van der Waals surface area contributed by atoms with Gasteiger partial charge in [-0.2, -0.15) is 0 Å². The van der Waals surface area contributed by atoms with Gasteiger partial charge in [-0.15, -0.1) is 0 Å². The Morgan fingerprint density at radius 2 is 2.06 bits per heavy atom. The number of rotatable bonds is 6. The van der Waals surface area contributed by atoms with Crippen molar-refractivity contribution < 1.29 is 9.53 Å². The maximum atomic E-state index is 10.6. The lowest BCUT2D eigenvalue weighted by molar-refractivity contribution is -0.118. The van der Waals surface area contributed by atoms with E-state index in [1.807, 2.05) is 0 Å². The summed E-state index contributed by atoms with van der Waals surface area (Å²) in [5.41, 5.74) is 11.3. The van der Waals surface area contributed by atoms with E-state index in [0.29, 0.717) is 28.8 Å². The third-order valence-electron chi connectivity index (χ3n) is 2.09. The van der Waals surface area contributed by atoms with Crippen molar-refractivity contribution in [3.8, 4) is 5.75 Å². The maximum absolute atomic E-state index is 10.6. The van der Waals surface area contributed by atoms with Gasteiger partial charge >= 0.3 is 0 Å². The highest BCUT2D eigenvalue weighted by Crippen LogP contribution is 2.32. The number of hydrogen-bond donors (Lipinski definition) is 2. The van der Waals surface area contributed by atoms with Gasteiger partial charge in [-0.05, 0) is 30.7 Å². The summed E-state index contributed by atoms with van der Waals surface area (Å²) in [4.78, 5) is 10.6. The summed E-state index contributed by atoms with van der Waals surface area (Å²) < 4.78 is 5.44. The fraction of sp³-hybridized carbons (Fsp3) is 0.364. The van der Waals surface area contributed by atoms with E-state index in [0.717, 1.165) is 5.56 Å². The minimum absolute atomic E-state index is 0.140. The Morgan fingerprint density at radius 3 is 2.65 bits per heavy atom. The number of nitrogens with two attached hydrogens (primary N) is 2. The molecule has 0 radical (unpaired) electrons. The second kappa shape index (κ2) is 6.69. The van der Waals surface area contributed by atoms with Crippen LogP contribution in [-0.2, 0) is 11.2 Å². The number of ether oxygens (including phenoxy) is 1. The summed E-state index contributed by atoms with van der Waals surface area (Å²) in [6, 6.07) is 3.34. The van der Waals surface area contributed by atoms with Crippen LogP contribution in [0.5, 0.6) is 5.75 Å². The smallest absolute Gasteiger partial charge is 0.220 e. The number of carbonyl (C=O) groups is 1. The predicted octanol–water partition coefficient (Wildman–Crippen LogP) is 1.75. The zero-order valence-electron chi connectivity index (χ0n) is 9.21. The molecule has 0 saturated carbocycles. The molecule has 0 atom stereocenters. The summed E-state index contributed by atoms with van der Waals surface area (Å²) in [5, 5.41) is 0.936. The van der Waals surface area contributed by atoms with Crippen LogP contribution in [0, 0.1) is 0 Å². The first-order valence-electron chi connectivity index (χ1n) is 5.13. The Labute approximate surface area is 110 Å². The molecule has 4 N–H and O–H groups in total. The van der Waals surface area contributed by atoms with E-state index in [-0.39, 0.29) is 13.0 Å². The maximum Gasteiger partial charge on any atom is 0.220 e. The number of amides is 1. The van der Waals surface area contributed by atoms with Gasteiger partial charge in [-0.1, -0.05) is 23.2 Å². The molecular formula is C11H14Cl2N2O2. The van der Waals surface area contributed by atoms with Crippen molar-refractivity contribution in [2.24, 2.45) is 11.5 Å². The molecule has 0 bridgehead atoms. The lowest BCUT2D eigenvalue weighted by atomic mass is 10.1. The van der Waals surface area contributed by atoms with E-state index < -0.39 is 5.91 Å². The predicted molar refractivity (Wildman–Crippen MR) is 68.5 cm³/mol. The Bertz CT molecular complexity index is 411. The molecule has 0 unspecified atom stereocenters. The van der Waals surface area contributed by atoms with Gasteiger partial charge in [0.25, 0.3) is 0 Å². The minimum atomic E-state index is -0.421. The highest BCUT2D eigenvalue weighted by Gasteiger charge is 2.10. The van der Waals surface area contributed by atoms with Crippen LogP contribution in [-0.4, -0.2) is 19.1 Å². The van der Waals surface area contributed by atoms with Crippen molar-refractivity contribution >= 4 is 29.1 Å². The molecule has 0 heterocycles. The van der Waals surface area contributed by atoms with Gasteiger partial charge in [0.15, 0.2) is 0 Å². The molecule has 0 aliphatic heterocycles. The van der Waals surface area contributed by atoms with Gasteiger partial charge in [0, 0.05) is 5.02 Å². The molecule has 94 valence electrons. The Hall–Kier alpha value is -0.970. The Kier molecular flexibility index (Phi) is 5.55. The molecule has 1 aromatic carbocycles. The topological polar surface area (TPSA) is 78.3 Å². The quantitative estimate of drug-likeness (QED) is 0.831. The van der Waals surface area contributed by atoms with E-state index in [2.05, 4.69) is 0 Å². The zero-order chi connectivity index (χ0) is 12.8. The normalized spacial score (nSPS) is 10.3. The van der Waals surface area contributed by atoms with E-state index in [1.54, 1.807) is 12.1 Å². The molecule has 0 aromatic heterocycles. The molecular weight excluding hydrogens is 263 g/mol. The van der Waals surface area contributed by atoms with E-state index >= 15 is 0 Å². The minimum Gasteiger partial charge on any atom is -0.491 e. The molecule has 1 amide bonds. The zero-order valence-corrected chi connectivity index (χ0v) is 10.7. The summed E-state index contributed by atoms with van der Waals surface area (Å²) in [6.07, 6.45) is 0.743. The number of halogens is 2. The van der Waals surface area contributed by atoms with Crippen molar-refractivity contribution in [2.45, 2.75) is 12.8 Å². The monoisotopic (exact) mass is 276 g/mol. The van der Waals surface area contributed by atoms with Crippen LogP contribution in [0.15, 0.2) is 12.1 Å².